The van der Waals surface area contributed by atoms with Crippen LogP contribution >= 0.6 is 0 Å². The van der Waals surface area contributed by atoms with Crippen LogP contribution in [0.3, 0.4) is 0 Å². The molecule has 0 aromatic rings. The van der Waals surface area contributed by atoms with Crippen molar-refractivity contribution < 1.29 is 23.9 Å². The maximum absolute atomic E-state index is 11.1. The van der Waals surface area contributed by atoms with Gasteiger partial charge in [-0.2, -0.15) is 0 Å². The molecule has 0 aliphatic carbocycles. The minimum atomic E-state index is -0.791. The van der Waals surface area contributed by atoms with Crippen LogP contribution in [0.15, 0.2) is 11.8 Å². The zero-order chi connectivity index (χ0) is 11.1. The molecule has 0 unspecified atom stereocenters. The van der Waals surface area contributed by atoms with E-state index in [0.717, 1.165) is 13.2 Å². The summed E-state index contributed by atoms with van der Waals surface area (Å²) in [4.78, 5) is 32.0. The van der Waals surface area contributed by atoms with Crippen molar-refractivity contribution in [3.8, 4) is 0 Å². The van der Waals surface area contributed by atoms with E-state index in [1.165, 1.54) is 6.92 Å². The lowest BCUT2D eigenvalue weighted by molar-refractivity contribution is -0.155. The number of rotatable bonds is 3. The highest BCUT2D eigenvalue weighted by Gasteiger charge is 2.12. The first-order valence-corrected chi connectivity index (χ1v) is 4.06. The van der Waals surface area contributed by atoms with Crippen LogP contribution in [0.2, 0.25) is 0 Å². The lowest BCUT2D eigenvalue weighted by Crippen LogP contribution is -2.12. The maximum atomic E-state index is 11.1. The van der Waals surface area contributed by atoms with Gasteiger partial charge in [0.15, 0.2) is 0 Å². The summed E-state index contributed by atoms with van der Waals surface area (Å²) in [5, 5.41) is 0. The van der Waals surface area contributed by atoms with Crippen molar-refractivity contribution in [1.29, 1.82) is 0 Å². The van der Waals surface area contributed by atoms with Crippen molar-refractivity contribution in [3.63, 3.8) is 0 Å². The van der Waals surface area contributed by atoms with Gasteiger partial charge in [-0.05, 0) is 6.42 Å². The number of hydrogen-bond acceptors (Lipinski definition) is 5. The van der Waals surface area contributed by atoms with Crippen molar-refractivity contribution in [2.45, 2.75) is 27.2 Å². The quantitative estimate of drug-likeness (QED) is 0.293. The SMILES string of the molecule is CCC(=COC(C)=O)C(=O)OC(C)=O. The molecule has 0 aliphatic rings. The number of carbonyl (C=O) groups excluding carboxylic acids is 3. The lowest BCUT2D eigenvalue weighted by atomic mass is 10.2. The van der Waals surface area contributed by atoms with Crippen molar-refractivity contribution in [1.82, 2.24) is 0 Å². The van der Waals surface area contributed by atoms with Gasteiger partial charge < -0.3 is 9.47 Å². The van der Waals surface area contributed by atoms with Gasteiger partial charge in [0.25, 0.3) is 0 Å². The largest absolute Gasteiger partial charge is 0.434 e. The third-order valence-electron chi connectivity index (χ3n) is 1.25. The second-order valence-electron chi connectivity index (χ2n) is 2.49. The Morgan fingerprint density at radius 1 is 1.14 bits per heavy atom. The summed E-state index contributed by atoms with van der Waals surface area (Å²) in [6, 6.07) is 0. The topological polar surface area (TPSA) is 69.7 Å². The molecule has 0 atom stereocenters. The molecule has 0 rings (SSSR count). The van der Waals surface area contributed by atoms with Gasteiger partial charge in [0, 0.05) is 13.8 Å². The fraction of sp³-hybridized carbons (Fsp3) is 0.444. The average molecular weight is 200 g/mol. The van der Waals surface area contributed by atoms with E-state index in [9.17, 15) is 14.4 Å². The van der Waals surface area contributed by atoms with E-state index < -0.39 is 17.9 Å². The molecule has 0 aromatic heterocycles. The van der Waals surface area contributed by atoms with Gasteiger partial charge in [0.2, 0.25) is 0 Å². The Hall–Kier alpha value is -1.65. The second-order valence-corrected chi connectivity index (χ2v) is 2.49. The highest BCUT2D eigenvalue weighted by Crippen LogP contribution is 2.04. The van der Waals surface area contributed by atoms with E-state index in [1.807, 2.05) is 0 Å². The van der Waals surface area contributed by atoms with E-state index in [4.69, 9.17) is 0 Å². The van der Waals surface area contributed by atoms with E-state index in [-0.39, 0.29) is 5.57 Å². The predicted octanol–water partition coefficient (Wildman–Crippen LogP) is 0.933. The van der Waals surface area contributed by atoms with Crippen LogP contribution in [-0.2, 0) is 23.9 Å². The van der Waals surface area contributed by atoms with Crippen LogP contribution < -0.4 is 0 Å². The molecule has 0 fully saturated rings. The van der Waals surface area contributed by atoms with Crippen LogP contribution in [0.4, 0.5) is 0 Å². The second kappa shape index (κ2) is 5.90. The fourth-order valence-corrected chi connectivity index (χ4v) is 0.626. The maximum Gasteiger partial charge on any atom is 0.344 e. The summed E-state index contributed by atoms with van der Waals surface area (Å²) >= 11 is 0. The first-order valence-electron chi connectivity index (χ1n) is 4.06. The summed E-state index contributed by atoms with van der Waals surface area (Å²) in [5.41, 5.74) is 0.135. The molecule has 0 amide bonds. The third-order valence-corrected chi connectivity index (χ3v) is 1.25. The first kappa shape index (κ1) is 12.3. The Labute approximate surface area is 81.7 Å². The van der Waals surface area contributed by atoms with Crippen LogP contribution in [0.25, 0.3) is 0 Å². The standard InChI is InChI=1S/C9H12O5/c1-4-8(5-13-6(2)10)9(12)14-7(3)11/h5H,4H2,1-3H3. The summed E-state index contributed by atoms with van der Waals surface area (Å²) in [6.07, 6.45) is 1.31. The minimum absolute atomic E-state index is 0.135. The summed E-state index contributed by atoms with van der Waals surface area (Å²) in [7, 11) is 0. The van der Waals surface area contributed by atoms with Gasteiger partial charge in [0.1, 0.15) is 6.26 Å². The molecule has 5 heteroatoms. The summed E-state index contributed by atoms with van der Waals surface area (Å²) < 4.78 is 8.78. The highest BCUT2D eigenvalue weighted by atomic mass is 16.6. The molecule has 0 N–H and O–H groups in total. The van der Waals surface area contributed by atoms with Crippen molar-refractivity contribution in [3.05, 3.63) is 11.8 Å². The average Bonchev–Trinajstić information content (AvgIpc) is 2.03. The van der Waals surface area contributed by atoms with Gasteiger partial charge in [-0.15, -0.1) is 0 Å². The van der Waals surface area contributed by atoms with Gasteiger partial charge in [0.05, 0.1) is 5.57 Å². The smallest absolute Gasteiger partial charge is 0.344 e. The third kappa shape index (κ3) is 5.08. The van der Waals surface area contributed by atoms with Gasteiger partial charge in [-0.3, -0.25) is 9.59 Å². The normalized spacial score (nSPS) is 10.6. The molecule has 78 valence electrons. The van der Waals surface area contributed by atoms with E-state index >= 15 is 0 Å². The first-order chi connectivity index (χ1) is 6.47. The zero-order valence-corrected chi connectivity index (χ0v) is 8.33. The fourth-order valence-electron chi connectivity index (χ4n) is 0.626. The van der Waals surface area contributed by atoms with E-state index in [2.05, 4.69) is 9.47 Å². The van der Waals surface area contributed by atoms with Crippen molar-refractivity contribution >= 4 is 17.9 Å². The van der Waals surface area contributed by atoms with Gasteiger partial charge in [-0.25, -0.2) is 4.79 Å². The number of hydrogen-bond donors (Lipinski definition) is 0. The minimum Gasteiger partial charge on any atom is -0.434 e. The Morgan fingerprint density at radius 2 is 1.71 bits per heavy atom. The number of carbonyl (C=O) groups is 3. The lowest BCUT2D eigenvalue weighted by Gasteiger charge is -2.02. The monoisotopic (exact) mass is 200 g/mol. The van der Waals surface area contributed by atoms with E-state index in [0.29, 0.717) is 6.42 Å². The van der Waals surface area contributed by atoms with Crippen LogP contribution in [-0.4, -0.2) is 17.9 Å². The van der Waals surface area contributed by atoms with Crippen molar-refractivity contribution in [2.75, 3.05) is 0 Å². The summed E-state index contributed by atoms with van der Waals surface area (Å²) in [5.74, 6) is -2.02. The molecular formula is C9H12O5. The summed E-state index contributed by atoms with van der Waals surface area (Å²) in [6.45, 7) is 4.01. The molecule has 0 saturated heterocycles. The van der Waals surface area contributed by atoms with Crippen molar-refractivity contribution in [2.24, 2.45) is 0 Å². The highest BCUT2D eigenvalue weighted by molar-refractivity contribution is 5.95. The van der Waals surface area contributed by atoms with Crippen LogP contribution in [0.1, 0.15) is 27.2 Å². The zero-order valence-electron chi connectivity index (χ0n) is 8.33. The van der Waals surface area contributed by atoms with Gasteiger partial charge >= 0.3 is 17.9 Å². The predicted molar refractivity (Wildman–Crippen MR) is 46.9 cm³/mol. The Balaban J connectivity index is 4.39. The van der Waals surface area contributed by atoms with Crippen LogP contribution in [0.5, 0.6) is 0 Å². The molecule has 0 heterocycles. The van der Waals surface area contributed by atoms with Crippen LogP contribution in [0, 0.1) is 0 Å². The Bertz CT molecular complexity index is 277. The molecule has 0 aliphatic heterocycles. The number of esters is 3. The van der Waals surface area contributed by atoms with Gasteiger partial charge in [-0.1, -0.05) is 6.92 Å². The molecular weight excluding hydrogens is 188 g/mol. The molecule has 0 spiro atoms. The Morgan fingerprint density at radius 3 is 2.07 bits per heavy atom. The molecule has 0 aromatic carbocycles. The molecule has 0 saturated carbocycles. The Kier molecular flexibility index (Phi) is 5.21. The molecule has 0 bridgehead atoms. The molecule has 14 heavy (non-hydrogen) atoms. The molecule has 5 nitrogen and oxygen atoms in total. The number of ether oxygens (including phenoxy) is 2. The van der Waals surface area contributed by atoms with E-state index in [1.54, 1.807) is 6.92 Å². The molecule has 0 radical (unpaired) electrons.